The second-order valence-electron chi connectivity index (χ2n) is 7.26. The number of para-hydroxylation sites is 1. The molecule has 0 saturated carbocycles. The van der Waals surface area contributed by atoms with Gasteiger partial charge in [0.1, 0.15) is 12.4 Å². The molecule has 31 heavy (non-hydrogen) atoms. The first-order chi connectivity index (χ1) is 15.1. The summed E-state index contributed by atoms with van der Waals surface area (Å²) in [5.74, 6) is 0.364. The van der Waals surface area contributed by atoms with Gasteiger partial charge in [-0.15, -0.1) is 10.2 Å². The van der Waals surface area contributed by atoms with Gasteiger partial charge in [-0.2, -0.15) is 0 Å². The highest BCUT2D eigenvalue weighted by molar-refractivity contribution is 5.95. The first kappa shape index (κ1) is 20.3. The molecule has 0 saturated heterocycles. The number of hydrogen-bond acceptors (Lipinski definition) is 4. The zero-order chi connectivity index (χ0) is 21.6. The Labute approximate surface area is 180 Å². The standard InChI is InChI=1S/C25H23N3O3/c1-18-11-13-20(14-12-18)31-16-15-28-22-10-6-5-9-21(22)24(25(28)30)27-26-23(29)17-19-7-3-2-4-8-19/h2-14,30H,15-17H2,1H3. The number of amides is 1. The minimum absolute atomic E-state index is 0.0371. The fourth-order valence-electron chi connectivity index (χ4n) is 3.40. The Morgan fingerprint density at radius 3 is 2.45 bits per heavy atom. The average Bonchev–Trinajstić information content (AvgIpc) is 3.05. The molecular formula is C25H23N3O3. The lowest BCUT2D eigenvalue weighted by molar-refractivity contribution is -0.117. The minimum atomic E-state index is -0.370. The van der Waals surface area contributed by atoms with Crippen molar-refractivity contribution in [2.45, 2.75) is 19.9 Å². The Morgan fingerprint density at radius 2 is 1.68 bits per heavy atom. The number of fused-ring (bicyclic) bond motifs is 1. The van der Waals surface area contributed by atoms with E-state index in [0.717, 1.165) is 22.2 Å². The second kappa shape index (κ2) is 9.26. The van der Waals surface area contributed by atoms with Crippen LogP contribution in [0.4, 0.5) is 5.69 Å². The number of nitrogens with zero attached hydrogens (tertiary/aromatic N) is 3. The van der Waals surface area contributed by atoms with Crippen molar-refractivity contribution in [3.05, 3.63) is 90.0 Å². The van der Waals surface area contributed by atoms with Gasteiger partial charge < -0.3 is 14.4 Å². The van der Waals surface area contributed by atoms with Gasteiger partial charge in [0, 0.05) is 5.39 Å². The fourth-order valence-corrected chi connectivity index (χ4v) is 3.40. The lowest BCUT2D eigenvalue weighted by atomic mass is 10.1. The van der Waals surface area contributed by atoms with Gasteiger partial charge in [-0.3, -0.25) is 4.79 Å². The normalized spacial score (nSPS) is 11.3. The number of aromatic nitrogens is 1. The van der Waals surface area contributed by atoms with Crippen molar-refractivity contribution in [3.8, 4) is 11.6 Å². The van der Waals surface area contributed by atoms with Gasteiger partial charge in [-0.1, -0.05) is 66.2 Å². The van der Waals surface area contributed by atoms with Crippen molar-refractivity contribution < 1.29 is 14.6 Å². The number of aromatic hydroxyl groups is 1. The maximum atomic E-state index is 12.2. The molecule has 0 spiro atoms. The zero-order valence-corrected chi connectivity index (χ0v) is 17.2. The smallest absolute Gasteiger partial charge is 0.269 e. The molecule has 0 unspecified atom stereocenters. The summed E-state index contributed by atoms with van der Waals surface area (Å²) in [7, 11) is 0. The van der Waals surface area contributed by atoms with Crippen LogP contribution in [0.5, 0.6) is 11.6 Å². The van der Waals surface area contributed by atoms with Crippen LogP contribution in [0.3, 0.4) is 0 Å². The van der Waals surface area contributed by atoms with Crippen LogP contribution in [0.2, 0.25) is 0 Å². The molecule has 0 atom stereocenters. The van der Waals surface area contributed by atoms with E-state index in [2.05, 4.69) is 10.2 Å². The Balaban J connectivity index is 1.52. The van der Waals surface area contributed by atoms with Crippen LogP contribution in [0, 0.1) is 6.92 Å². The topological polar surface area (TPSA) is 76.2 Å². The summed E-state index contributed by atoms with van der Waals surface area (Å²) in [4.78, 5) is 12.2. The van der Waals surface area contributed by atoms with Gasteiger partial charge in [0.25, 0.3) is 5.91 Å². The van der Waals surface area contributed by atoms with E-state index in [9.17, 15) is 9.90 Å². The SMILES string of the molecule is Cc1ccc(OCCn2c(O)c(N=NC(=O)Cc3ccccc3)c3ccccc32)cc1. The molecule has 4 aromatic rings. The largest absolute Gasteiger partial charge is 0.493 e. The summed E-state index contributed by atoms with van der Waals surface area (Å²) < 4.78 is 7.52. The van der Waals surface area contributed by atoms with E-state index in [1.165, 1.54) is 5.56 Å². The Morgan fingerprint density at radius 1 is 0.968 bits per heavy atom. The molecule has 0 bridgehead atoms. The van der Waals surface area contributed by atoms with E-state index in [1.807, 2.05) is 85.8 Å². The van der Waals surface area contributed by atoms with Crippen molar-refractivity contribution in [3.63, 3.8) is 0 Å². The molecule has 0 aliphatic heterocycles. The van der Waals surface area contributed by atoms with Crippen molar-refractivity contribution in [2.24, 2.45) is 10.2 Å². The van der Waals surface area contributed by atoms with Gasteiger partial charge in [0.15, 0.2) is 5.69 Å². The van der Waals surface area contributed by atoms with E-state index in [1.54, 1.807) is 4.57 Å². The van der Waals surface area contributed by atoms with Crippen LogP contribution in [-0.2, 0) is 17.8 Å². The van der Waals surface area contributed by atoms with E-state index in [4.69, 9.17) is 4.74 Å². The first-order valence-corrected chi connectivity index (χ1v) is 10.1. The monoisotopic (exact) mass is 413 g/mol. The van der Waals surface area contributed by atoms with Crippen LogP contribution in [0.25, 0.3) is 10.9 Å². The number of benzene rings is 3. The molecule has 0 aliphatic rings. The number of aryl methyl sites for hydroxylation is 1. The van der Waals surface area contributed by atoms with E-state index in [-0.39, 0.29) is 23.9 Å². The van der Waals surface area contributed by atoms with Crippen molar-refractivity contribution in [1.29, 1.82) is 0 Å². The van der Waals surface area contributed by atoms with Crippen LogP contribution in [-0.4, -0.2) is 22.2 Å². The van der Waals surface area contributed by atoms with Crippen molar-refractivity contribution >= 4 is 22.5 Å². The number of carbonyl (C=O) groups excluding carboxylic acids is 1. The van der Waals surface area contributed by atoms with Gasteiger partial charge in [-0.05, 0) is 30.7 Å². The molecule has 0 fully saturated rings. The molecule has 3 aromatic carbocycles. The summed E-state index contributed by atoms with van der Waals surface area (Å²) >= 11 is 0. The van der Waals surface area contributed by atoms with Gasteiger partial charge >= 0.3 is 0 Å². The highest BCUT2D eigenvalue weighted by Gasteiger charge is 2.16. The Bertz CT molecular complexity index is 1210. The minimum Gasteiger partial charge on any atom is -0.493 e. The van der Waals surface area contributed by atoms with Gasteiger partial charge in [-0.25, -0.2) is 0 Å². The van der Waals surface area contributed by atoms with Crippen LogP contribution in [0.1, 0.15) is 11.1 Å². The third-order valence-electron chi connectivity index (χ3n) is 4.98. The molecule has 1 N–H and O–H groups in total. The van der Waals surface area contributed by atoms with Gasteiger partial charge in [0.05, 0.1) is 18.5 Å². The van der Waals surface area contributed by atoms with Crippen LogP contribution >= 0.6 is 0 Å². The van der Waals surface area contributed by atoms with Gasteiger partial charge in [0.2, 0.25) is 5.88 Å². The van der Waals surface area contributed by atoms with Crippen molar-refractivity contribution in [2.75, 3.05) is 6.61 Å². The number of carbonyl (C=O) groups is 1. The summed E-state index contributed by atoms with van der Waals surface area (Å²) in [6.45, 7) is 2.82. The average molecular weight is 413 g/mol. The number of ether oxygens (including phenoxy) is 1. The van der Waals surface area contributed by atoms with E-state index in [0.29, 0.717) is 13.2 Å². The number of hydrogen-bond donors (Lipinski definition) is 1. The molecule has 1 heterocycles. The molecule has 6 nitrogen and oxygen atoms in total. The quantitative estimate of drug-likeness (QED) is 0.401. The Hall–Kier alpha value is -3.93. The molecule has 1 aromatic heterocycles. The summed E-state index contributed by atoms with van der Waals surface area (Å²) in [5.41, 5.74) is 3.12. The van der Waals surface area contributed by atoms with Crippen molar-refractivity contribution in [1.82, 2.24) is 4.57 Å². The predicted molar refractivity (Wildman–Crippen MR) is 120 cm³/mol. The fraction of sp³-hybridized carbons (Fsp3) is 0.160. The third kappa shape index (κ3) is 4.80. The lowest BCUT2D eigenvalue weighted by Gasteiger charge is -2.09. The lowest BCUT2D eigenvalue weighted by Crippen LogP contribution is -2.07. The van der Waals surface area contributed by atoms with Crippen LogP contribution in [0.15, 0.2) is 89.1 Å². The Kier molecular flexibility index (Phi) is 6.08. The second-order valence-corrected chi connectivity index (χ2v) is 7.26. The van der Waals surface area contributed by atoms with E-state index < -0.39 is 0 Å². The first-order valence-electron chi connectivity index (χ1n) is 10.1. The molecule has 4 rings (SSSR count). The third-order valence-corrected chi connectivity index (χ3v) is 4.98. The number of azo groups is 1. The molecular weight excluding hydrogens is 390 g/mol. The highest BCUT2D eigenvalue weighted by atomic mass is 16.5. The predicted octanol–water partition coefficient (Wildman–Crippen LogP) is 5.59. The number of rotatable bonds is 7. The summed E-state index contributed by atoms with van der Waals surface area (Å²) in [6, 6.07) is 24.7. The maximum Gasteiger partial charge on any atom is 0.269 e. The molecule has 0 aliphatic carbocycles. The molecule has 156 valence electrons. The maximum absolute atomic E-state index is 12.2. The van der Waals surface area contributed by atoms with Crippen LogP contribution < -0.4 is 4.74 Å². The zero-order valence-electron chi connectivity index (χ0n) is 17.2. The van der Waals surface area contributed by atoms with E-state index >= 15 is 0 Å². The molecule has 6 heteroatoms. The summed E-state index contributed by atoms with van der Waals surface area (Å²) in [6.07, 6.45) is 0.161. The molecule has 0 radical (unpaired) electrons. The summed E-state index contributed by atoms with van der Waals surface area (Å²) in [5, 5.41) is 19.4. The highest BCUT2D eigenvalue weighted by Crippen LogP contribution is 2.38. The molecule has 1 amide bonds.